The number of aliphatic hydroxyl groups is 1. The fourth-order valence-corrected chi connectivity index (χ4v) is 2.79. The molecule has 0 saturated heterocycles. The van der Waals surface area contributed by atoms with Gasteiger partial charge in [0.05, 0.1) is 17.9 Å². The number of carbonyl (C=O) groups excluding carboxylic acids is 2. The Kier molecular flexibility index (Phi) is 3.97. The zero-order valence-corrected chi connectivity index (χ0v) is 12.6. The molecule has 0 fully saturated rings. The lowest BCUT2D eigenvalue weighted by molar-refractivity contribution is -0.129. The first-order valence-electron chi connectivity index (χ1n) is 7.37. The smallest absolute Gasteiger partial charge is 0.290 e. The number of rotatable bonds is 5. The van der Waals surface area contributed by atoms with Crippen molar-refractivity contribution < 1.29 is 19.1 Å². The summed E-state index contributed by atoms with van der Waals surface area (Å²) in [5, 5.41) is 10.3. The minimum atomic E-state index is -0.636. The van der Waals surface area contributed by atoms with Gasteiger partial charge in [0.2, 0.25) is 5.78 Å². The molecule has 1 N–H and O–H groups in total. The minimum absolute atomic E-state index is 0.0459. The fourth-order valence-electron chi connectivity index (χ4n) is 2.79. The van der Waals surface area contributed by atoms with Crippen LogP contribution in [0.2, 0.25) is 0 Å². The molecule has 6 nitrogen and oxygen atoms in total. The maximum atomic E-state index is 12.7. The molecule has 0 aliphatic carbocycles. The van der Waals surface area contributed by atoms with E-state index in [0.717, 1.165) is 5.56 Å². The summed E-state index contributed by atoms with van der Waals surface area (Å²) in [7, 11) is 0. The molecule has 3 heterocycles. The number of hydrogen-bond donors (Lipinski definition) is 1. The van der Waals surface area contributed by atoms with Crippen LogP contribution >= 0.6 is 0 Å². The quantitative estimate of drug-likeness (QED) is 0.858. The Bertz CT molecular complexity index is 750. The zero-order chi connectivity index (χ0) is 16.4. The first kappa shape index (κ1) is 15.0. The van der Waals surface area contributed by atoms with Gasteiger partial charge in [-0.25, -0.2) is 0 Å². The van der Waals surface area contributed by atoms with Crippen molar-refractivity contribution in [2.75, 3.05) is 6.54 Å². The molecule has 118 valence electrons. The lowest BCUT2D eigenvalue weighted by Gasteiger charge is -2.26. The van der Waals surface area contributed by atoms with E-state index in [0.29, 0.717) is 13.0 Å². The molecule has 3 rings (SSSR count). The summed E-state index contributed by atoms with van der Waals surface area (Å²) >= 11 is 0. The average molecular weight is 312 g/mol. The molecule has 1 amide bonds. The first-order chi connectivity index (χ1) is 11.1. The highest BCUT2D eigenvalue weighted by Crippen LogP contribution is 2.38. The maximum absolute atomic E-state index is 12.7. The van der Waals surface area contributed by atoms with Crippen molar-refractivity contribution in [3.05, 3.63) is 65.6 Å². The van der Waals surface area contributed by atoms with Crippen LogP contribution in [-0.4, -0.2) is 33.2 Å². The first-order valence-corrected chi connectivity index (χ1v) is 7.37. The summed E-state index contributed by atoms with van der Waals surface area (Å²) in [5.41, 5.74) is 0.769. The average Bonchev–Trinajstić information content (AvgIpc) is 3.18. The van der Waals surface area contributed by atoms with E-state index in [9.17, 15) is 14.7 Å². The molecule has 0 saturated carbocycles. The Hall–Kier alpha value is -2.89. The second-order valence-electron chi connectivity index (χ2n) is 5.25. The molecule has 2 aromatic heterocycles. The van der Waals surface area contributed by atoms with Crippen LogP contribution in [0.25, 0.3) is 0 Å². The van der Waals surface area contributed by atoms with E-state index < -0.39 is 23.5 Å². The predicted molar refractivity (Wildman–Crippen MR) is 81.7 cm³/mol. The summed E-state index contributed by atoms with van der Waals surface area (Å²) in [4.78, 5) is 30.5. The van der Waals surface area contributed by atoms with Crippen molar-refractivity contribution in [2.45, 2.75) is 19.4 Å². The third-order valence-corrected chi connectivity index (χ3v) is 3.78. The zero-order valence-electron chi connectivity index (χ0n) is 12.6. The van der Waals surface area contributed by atoms with Gasteiger partial charge in [-0.15, -0.1) is 0 Å². The molecular formula is C17H16N2O4. The highest BCUT2D eigenvalue weighted by Gasteiger charge is 2.43. The maximum Gasteiger partial charge on any atom is 0.290 e. The molecular weight excluding hydrogens is 296 g/mol. The Balaban J connectivity index is 2.10. The Morgan fingerprint density at radius 3 is 2.70 bits per heavy atom. The second kappa shape index (κ2) is 6.08. The molecule has 6 heteroatoms. The summed E-state index contributed by atoms with van der Waals surface area (Å²) in [6, 6.07) is 5.93. The highest BCUT2D eigenvalue weighted by atomic mass is 16.3. The van der Waals surface area contributed by atoms with E-state index in [1.807, 2.05) is 6.92 Å². The molecule has 0 spiro atoms. The van der Waals surface area contributed by atoms with Gasteiger partial charge in [0, 0.05) is 18.9 Å². The second-order valence-corrected chi connectivity index (χ2v) is 5.25. The molecule has 1 aliphatic heterocycles. The predicted octanol–water partition coefficient (Wildman–Crippen LogP) is 2.66. The third kappa shape index (κ3) is 2.52. The summed E-state index contributed by atoms with van der Waals surface area (Å²) < 4.78 is 5.13. The number of furan rings is 1. The lowest BCUT2D eigenvalue weighted by Crippen LogP contribution is -2.31. The van der Waals surface area contributed by atoms with E-state index in [1.165, 1.54) is 17.2 Å². The van der Waals surface area contributed by atoms with Crippen molar-refractivity contribution in [3.8, 4) is 0 Å². The van der Waals surface area contributed by atoms with Gasteiger partial charge in [0.25, 0.3) is 5.91 Å². The molecule has 0 aromatic carbocycles. The molecule has 1 aliphatic rings. The number of aromatic nitrogens is 1. The van der Waals surface area contributed by atoms with Crippen molar-refractivity contribution >= 4 is 11.7 Å². The molecule has 2 aromatic rings. The summed E-state index contributed by atoms with van der Waals surface area (Å²) in [6.45, 7) is 2.37. The summed E-state index contributed by atoms with van der Waals surface area (Å²) in [6.07, 6.45) is 5.28. The Morgan fingerprint density at radius 2 is 2.09 bits per heavy atom. The van der Waals surface area contributed by atoms with Crippen molar-refractivity contribution in [1.29, 1.82) is 0 Å². The molecule has 1 unspecified atom stereocenters. The van der Waals surface area contributed by atoms with Gasteiger partial charge in [-0.05, 0) is 36.2 Å². The van der Waals surface area contributed by atoms with Crippen LogP contribution in [-0.2, 0) is 4.79 Å². The number of nitrogens with zero attached hydrogens (tertiary/aromatic N) is 2. The van der Waals surface area contributed by atoms with E-state index in [2.05, 4.69) is 4.98 Å². The van der Waals surface area contributed by atoms with Gasteiger partial charge >= 0.3 is 0 Å². The standard InChI is InChI=1S/C17H16N2O4/c1-2-9-19-14(11-5-7-18-8-6-11)13(16(21)17(19)22)15(20)12-4-3-10-23-12/h3-8,10,14,21H,2,9H2,1H3. The van der Waals surface area contributed by atoms with Gasteiger partial charge < -0.3 is 14.4 Å². The van der Waals surface area contributed by atoms with Gasteiger partial charge in [-0.3, -0.25) is 14.6 Å². The Morgan fingerprint density at radius 1 is 1.35 bits per heavy atom. The minimum Gasteiger partial charge on any atom is -0.503 e. The lowest BCUT2D eigenvalue weighted by atomic mass is 9.96. The van der Waals surface area contributed by atoms with E-state index >= 15 is 0 Å². The SMILES string of the molecule is CCCN1C(=O)C(O)=C(C(=O)c2ccco2)C1c1ccncc1. The van der Waals surface area contributed by atoms with Crippen LogP contribution < -0.4 is 0 Å². The molecule has 0 bridgehead atoms. The monoisotopic (exact) mass is 312 g/mol. The van der Waals surface area contributed by atoms with Crippen LogP contribution in [0.5, 0.6) is 0 Å². The number of aliphatic hydroxyl groups excluding tert-OH is 1. The number of pyridine rings is 1. The van der Waals surface area contributed by atoms with Gasteiger partial charge in [-0.2, -0.15) is 0 Å². The summed E-state index contributed by atoms with van der Waals surface area (Å²) in [5.74, 6) is -1.44. The van der Waals surface area contributed by atoms with Crippen LogP contribution in [0.3, 0.4) is 0 Å². The topological polar surface area (TPSA) is 83.6 Å². The van der Waals surface area contributed by atoms with Crippen LogP contribution in [0.1, 0.15) is 35.5 Å². The van der Waals surface area contributed by atoms with Gasteiger partial charge in [-0.1, -0.05) is 6.92 Å². The normalized spacial score (nSPS) is 17.9. The largest absolute Gasteiger partial charge is 0.503 e. The highest BCUT2D eigenvalue weighted by molar-refractivity contribution is 6.14. The van der Waals surface area contributed by atoms with Crippen molar-refractivity contribution in [2.24, 2.45) is 0 Å². The van der Waals surface area contributed by atoms with E-state index in [4.69, 9.17) is 4.42 Å². The number of Topliss-reactive ketones (excluding diaryl/α,β-unsaturated/α-hetero) is 1. The van der Waals surface area contributed by atoms with E-state index in [1.54, 1.807) is 30.6 Å². The van der Waals surface area contributed by atoms with Crippen molar-refractivity contribution in [1.82, 2.24) is 9.88 Å². The number of ketones is 1. The van der Waals surface area contributed by atoms with Crippen molar-refractivity contribution in [3.63, 3.8) is 0 Å². The number of hydrogen-bond acceptors (Lipinski definition) is 5. The third-order valence-electron chi connectivity index (χ3n) is 3.78. The van der Waals surface area contributed by atoms with Crippen LogP contribution in [0.4, 0.5) is 0 Å². The van der Waals surface area contributed by atoms with Crippen LogP contribution in [0.15, 0.2) is 58.7 Å². The van der Waals surface area contributed by atoms with Gasteiger partial charge in [0.1, 0.15) is 0 Å². The number of carbonyl (C=O) groups is 2. The molecule has 23 heavy (non-hydrogen) atoms. The van der Waals surface area contributed by atoms with Gasteiger partial charge in [0.15, 0.2) is 11.5 Å². The molecule has 1 atom stereocenters. The molecule has 0 radical (unpaired) electrons. The Labute approximate surface area is 133 Å². The van der Waals surface area contributed by atoms with Crippen LogP contribution in [0, 0.1) is 0 Å². The fraction of sp³-hybridized carbons (Fsp3) is 0.235. The van der Waals surface area contributed by atoms with E-state index in [-0.39, 0.29) is 11.3 Å². The number of amides is 1.